The van der Waals surface area contributed by atoms with Gasteiger partial charge in [-0.05, 0) is 98.1 Å². The number of aromatic nitrogens is 3. The lowest BCUT2D eigenvalue weighted by Gasteiger charge is -2.30. The Bertz CT molecular complexity index is 3760. The van der Waals surface area contributed by atoms with Crippen LogP contribution >= 0.6 is 0 Å². The molecule has 0 aliphatic heterocycles. The highest BCUT2D eigenvalue weighted by Crippen LogP contribution is 2.63. The van der Waals surface area contributed by atoms with E-state index in [1.807, 2.05) is 12.1 Å². The zero-order valence-electron chi connectivity index (χ0n) is 34.0. The number of rotatable bonds is 4. The highest BCUT2D eigenvalue weighted by atomic mass is 16.3. The van der Waals surface area contributed by atoms with Crippen LogP contribution in [0, 0.1) is 0 Å². The van der Waals surface area contributed by atoms with Gasteiger partial charge in [0.25, 0.3) is 0 Å². The summed E-state index contributed by atoms with van der Waals surface area (Å²) < 4.78 is 9.13. The molecule has 292 valence electrons. The number of fused-ring (bicyclic) bond motifs is 16. The van der Waals surface area contributed by atoms with E-state index in [0.717, 1.165) is 77.4 Å². The van der Waals surface area contributed by atoms with Crippen molar-refractivity contribution < 1.29 is 4.42 Å². The Morgan fingerprint density at radius 1 is 0.349 bits per heavy atom. The first-order valence-electron chi connectivity index (χ1n) is 21.6. The van der Waals surface area contributed by atoms with Gasteiger partial charge < -0.3 is 4.42 Å². The fraction of sp³-hybridized carbons (Fsp3) is 0.0169. The number of benzene rings is 9. The minimum Gasteiger partial charge on any atom is -0.456 e. The molecule has 0 radical (unpaired) electrons. The molecule has 14 rings (SSSR count). The normalized spacial score (nSPS) is 13.2. The van der Waals surface area contributed by atoms with E-state index >= 15 is 0 Å². The molecule has 3 aromatic heterocycles. The molecule has 3 heterocycles. The largest absolute Gasteiger partial charge is 0.456 e. The van der Waals surface area contributed by atoms with Crippen molar-refractivity contribution in [3.63, 3.8) is 0 Å². The minimum absolute atomic E-state index is 0.430. The van der Waals surface area contributed by atoms with E-state index in [-0.39, 0.29) is 0 Å². The summed E-state index contributed by atoms with van der Waals surface area (Å²) in [5, 5.41) is 4.52. The summed E-state index contributed by atoms with van der Waals surface area (Å²) >= 11 is 0. The van der Waals surface area contributed by atoms with Gasteiger partial charge in [-0.25, -0.2) is 9.97 Å². The van der Waals surface area contributed by atoms with Crippen LogP contribution in [0.5, 0.6) is 0 Å². The van der Waals surface area contributed by atoms with E-state index in [2.05, 4.69) is 205 Å². The van der Waals surface area contributed by atoms with Gasteiger partial charge in [0, 0.05) is 32.7 Å². The van der Waals surface area contributed by atoms with E-state index < -0.39 is 5.41 Å². The number of furan rings is 1. The average molecular weight is 802 g/mol. The Labute approximate surface area is 363 Å². The van der Waals surface area contributed by atoms with Gasteiger partial charge in [-0.2, -0.15) is 0 Å². The molecule has 0 saturated carbocycles. The summed E-state index contributed by atoms with van der Waals surface area (Å²) in [6.07, 6.45) is 0. The first-order chi connectivity index (χ1) is 31.2. The monoisotopic (exact) mass is 801 g/mol. The summed E-state index contributed by atoms with van der Waals surface area (Å²) in [6.45, 7) is 0. The van der Waals surface area contributed by atoms with Crippen LogP contribution < -0.4 is 0 Å². The van der Waals surface area contributed by atoms with Crippen molar-refractivity contribution in [1.82, 2.24) is 14.5 Å². The topological polar surface area (TPSA) is 43.9 Å². The van der Waals surface area contributed by atoms with E-state index in [1.165, 1.54) is 44.5 Å². The fourth-order valence-corrected chi connectivity index (χ4v) is 11.1. The van der Waals surface area contributed by atoms with Crippen molar-refractivity contribution in [1.29, 1.82) is 0 Å². The molecule has 0 atom stereocenters. The zero-order valence-corrected chi connectivity index (χ0v) is 34.0. The molecule has 12 aromatic rings. The van der Waals surface area contributed by atoms with Crippen LogP contribution in [0.2, 0.25) is 0 Å². The van der Waals surface area contributed by atoms with E-state index in [4.69, 9.17) is 14.4 Å². The van der Waals surface area contributed by atoms with Crippen LogP contribution in [0.4, 0.5) is 0 Å². The number of hydrogen-bond donors (Lipinski definition) is 0. The van der Waals surface area contributed by atoms with Crippen molar-refractivity contribution in [2.45, 2.75) is 5.41 Å². The number of para-hydroxylation sites is 1. The maximum absolute atomic E-state index is 6.91. The van der Waals surface area contributed by atoms with Crippen LogP contribution in [0.15, 0.2) is 217 Å². The lowest BCUT2D eigenvalue weighted by Crippen LogP contribution is -2.25. The molecule has 2 aliphatic carbocycles. The predicted molar refractivity (Wildman–Crippen MR) is 256 cm³/mol. The quantitative estimate of drug-likeness (QED) is 0.178. The average Bonchev–Trinajstić information content (AvgIpc) is 4.07. The van der Waals surface area contributed by atoms with Gasteiger partial charge in [-0.15, -0.1) is 0 Å². The lowest BCUT2D eigenvalue weighted by molar-refractivity contribution is 0.666. The molecule has 0 amide bonds. The van der Waals surface area contributed by atoms with E-state index in [9.17, 15) is 0 Å². The number of nitrogens with zero attached hydrogens (tertiary/aromatic N) is 3. The van der Waals surface area contributed by atoms with Gasteiger partial charge in [0.1, 0.15) is 11.2 Å². The second-order valence-corrected chi connectivity index (χ2v) is 16.8. The third kappa shape index (κ3) is 4.69. The Kier molecular flexibility index (Phi) is 7.01. The second kappa shape index (κ2) is 12.8. The predicted octanol–water partition coefficient (Wildman–Crippen LogP) is 14.8. The lowest BCUT2D eigenvalue weighted by atomic mass is 9.70. The molecule has 2 aliphatic rings. The molecule has 0 N–H and O–H groups in total. The second-order valence-electron chi connectivity index (χ2n) is 16.8. The van der Waals surface area contributed by atoms with Crippen molar-refractivity contribution in [3.05, 3.63) is 235 Å². The molecule has 4 nitrogen and oxygen atoms in total. The highest BCUT2D eigenvalue weighted by Gasteiger charge is 2.51. The van der Waals surface area contributed by atoms with Crippen molar-refractivity contribution >= 4 is 43.7 Å². The molecule has 0 fully saturated rings. The molecule has 4 heteroatoms. The zero-order chi connectivity index (χ0) is 41.2. The standard InChI is InChI=1S/C59H35N3O/c1-3-16-36(17-4-1)51-35-52(37-18-5-2-6-19-37)61-58(60-51)62-53-28-14-10-23-43(53)45-32-38(30-31-54(45)62)39-24-15-29-55-57(39)46-33-44-42-22-9-13-27-49(42)59(50(44)34-56(46)63-55)47-25-11-7-20-40(47)41-21-8-12-26-48(41)59/h1-35H. The maximum atomic E-state index is 6.91. The smallest absolute Gasteiger partial charge is 0.235 e. The Morgan fingerprint density at radius 2 is 0.905 bits per heavy atom. The summed E-state index contributed by atoms with van der Waals surface area (Å²) in [4.78, 5) is 10.5. The van der Waals surface area contributed by atoms with Gasteiger partial charge in [0.2, 0.25) is 5.95 Å². The first-order valence-corrected chi connectivity index (χ1v) is 21.6. The SMILES string of the molecule is c1ccc(-c2cc(-c3ccccc3)nc(-n3c4ccccc4c4cc(-c5cccc6oc7cc8c(cc7c56)-c5ccccc5C85c6ccccc6-c6ccccc65)ccc43)n2)cc1. The third-order valence-electron chi connectivity index (χ3n) is 13.6. The summed E-state index contributed by atoms with van der Waals surface area (Å²) in [7, 11) is 0. The van der Waals surface area contributed by atoms with Crippen molar-refractivity contribution in [2.75, 3.05) is 0 Å². The van der Waals surface area contributed by atoms with Gasteiger partial charge in [0.15, 0.2) is 0 Å². The van der Waals surface area contributed by atoms with Gasteiger partial charge >= 0.3 is 0 Å². The third-order valence-corrected chi connectivity index (χ3v) is 13.6. The van der Waals surface area contributed by atoms with E-state index in [0.29, 0.717) is 5.95 Å². The van der Waals surface area contributed by atoms with Crippen LogP contribution in [-0.2, 0) is 5.41 Å². The minimum atomic E-state index is -0.430. The Morgan fingerprint density at radius 3 is 1.57 bits per heavy atom. The maximum Gasteiger partial charge on any atom is 0.235 e. The molecule has 1 spiro atoms. The van der Waals surface area contributed by atoms with Crippen LogP contribution in [0.1, 0.15) is 22.3 Å². The van der Waals surface area contributed by atoms with Crippen LogP contribution in [-0.4, -0.2) is 14.5 Å². The molecular weight excluding hydrogens is 767 g/mol. The molecule has 0 bridgehead atoms. The Hall–Kier alpha value is -8.34. The van der Waals surface area contributed by atoms with Gasteiger partial charge in [-0.1, -0.05) is 170 Å². The fourth-order valence-electron chi connectivity index (χ4n) is 11.1. The number of hydrogen-bond acceptors (Lipinski definition) is 3. The summed E-state index contributed by atoms with van der Waals surface area (Å²) in [5.41, 5.74) is 19.9. The van der Waals surface area contributed by atoms with E-state index in [1.54, 1.807) is 0 Å². The highest BCUT2D eigenvalue weighted by molar-refractivity contribution is 6.16. The van der Waals surface area contributed by atoms with Crippen LogP contribution in [0.3, 0.4) is 0 Å². The van der Waals surface area contributed by atoms with Crippen molar-refractivity contribution in [2.24, 2.45) is 0 Å². The first kappa shape index (κ1) is 34.4. The van der Waals surface area contributed by atoms with Crippen molar-refractivity contribution in [3.8, 4) is 61.8 Å². The summed E-state index contributed by atoms with van der Waals surface area (Å²) in [6, 6.07) is 76.4. The van der Waals surface area contributed by atoms with Gasteiger partial charge in [0.05, 0.1) is 27.8 Å². The summed E-state index contributed by atoms with van der Waals surface area (Å²) in [5.74, 6) is 0.636. The molecule has 63 heavy (non-hydrogen) atoms. The molecule has 0 saturated heterocycles. The van der Waals surface area contributed by atoms with Crippen LogP contribution in [0.25, 0.3) is 106 Å². The Balaban J connectivity index is 0.981. The molecular formula is C59H35N3O. The molecule has 0 unspecified atom stereocenters. The van der Waals surface area contributed by atoms with Gasteiger partial charge in [-0.3, -0.25) is 4.57 Å². The molecule has 9 aromatic carbocycles.